The third-order valence-electron chi connectivity index (χ3n) is 3.56. The Labute approximate surface area is 171 Å². The molecule has 3 rings (SSSR count). The molecule has 0 unspecified atom stereocenters. The third-order valence-corrected chi connectivity index (χ3v) is 4.51. The largest absolute Gasteiger partial charge is 0.494 e. The lowest BCUT2D eigenvalue weighted by Crippen LogP contribution is -2.16. The van der Waals surface area contributed by atoms with E-state index in [1.807, 2.05) is 19.9 Å². The molecule has 0 saturated carbocycles. The molecule has 4 N–H and O–H groups in total. The van der Waals surface area contributed by atoms with Crippen LogP contribution in [0.4, 0.5) is 11.6 Å². The molecule has 0 bridgehead atoms. The van der Waals surface area contributed by atoms with E-state index in [1.165, 1.54) is 10.9 Å². The lowest BCUT2D eigenvalue weighted by atomic mass is 10.3. The molecule has 0 aliphatic carbocycles. The van der Waals surface area contributed by atoms with Gasteiger partial charge >= 0.3 is 0 Å². The Bertz CT molecular complexity index is 982. The Hall–Kier alpha value is -3.47. The number of hydrazone groups is 1. The van der Waals surface area contributed by atoms with Crippen LogP contribution in [0.15, 0.2) is 51.1 Å². The highest BCUT2D eigenvalue weighted by Crippen LogP contribution is 2.19. The number of nitrogens with zero attached hydrogens (tertiary/aromatic N) is 4. The first-order chi connectivity index (χ1) is 14.0. The predicted octanol–water partition coefficient (Wildman–Crippen LogP) is 2.47. The van der Waals surface area contributed by atoms with Crippen molar-refractivity contribution in [3.8, 4) is 5.75 Å². The van der Waals surface area contributed by atoms with Gasteiger partial charge in [0.05, 0.1) is 18.6 Å². The van der Waals surface area contributed by atoms with Crippen LogP contribution in [0.1, 0.15) is 18.4 Å². The fraction of sp³-hybridized carbons (Fsp3) is 0.222. The lowest BCUT2D eigenvalue weighted by Gasteiger charge is -2.07. The van der Waals surface area contributed by atoms with Gasteiger partial charge in [0, 0.05) is 5.69 Å². The van der Waals surface area contributed by atoms with Gasteiger partial charge in [-0.05, 0) is 50.2 Å². The number of amides is 1. The molecule has 0 atom stereocenters. The average molecular weight is 415 g/mol. The standard InChI is InChI=1S/C18H21N7O3S/c1-3-27-14-8-5-13(6-9-14)21-16(26)11-29-18-24-23-17(25(18)19)22-20-10-15-7-4-12(2)28-15/h4-10H,3,11,19H2,1-2H3,(H,21,26)(H,22,23)/b20-10+. The zero-order chi connectivity index (χ0) is 20.6. The monoisotopic (exact) mass is 415 g/mol. The maximum atomic E-state index is 12.1. The van der Waals surface area contributed by atoms with Crippen LogP contribution in [0.25, 0.3) is 0 Å². The first kappa shape index (κ1) is 20.3. The molecule has 10 nitrogen and oxygen atoms in total. The highest BCUT2D eigenvalue weighted by atomic mass is 32.2. The topological polar surface area (TPSA) is 133 Å². The maximum absolute atomic E-state index is 12.1. The third kappa shape index (κ3) is 5.75. The SMILES string of the molecule is CCOc1ccc(NC(=O)CSc2nnc(N/N=C/c3ccc(C)o3)n2N)cc1. The number of carbonyl (C=O) groups is 1. The van der Waals surface area contributed by atoms with Gasteiger partial charge in [0.1, 0.15) is 17.3 Å². The molecular weight excluding hydrogens is 394 g/mol. The molecule has 0 radical (unpaired) electrons. The number of benzene rings is 1. The van der Waals surface area contributed by atoms with E-state index in [0.717, 1.165) is 23.3 Å². The van der Waals surface area contributed by atoms with Crippen LogP contribution in [-0.2, 0) is 4.79 Å². The van der Waals surface area contributed by atoms with E-state index in [4.69, 9.17) is 15.0 Å². The number of aromatic nitrogens is 3. The number of anilines is 2. The Morgan fingerprint density at radius 3 is 2.79 bits per heavy atom. The number of hydrogen-bond donors (Lipinski definition) is 3. The van der Waals surface area contributed by atoms with Crippen molar-refractivity contribution in [1.29, 1.82) is 0 Å². The van der Waals surface area contributed by atoms with Crippen molar-refractivity contribution in [2.24, 2.45) is 5.10 Å². The van der Waals surface area contributed by atoms with Crippen molar-refractivity contribution < 1.29 is 13.9 Å². The second kappa shape index (κ2) is 9.64. The molecule has 0 fully saturated rings. The molecule has 0 saturated heterocycles. The van der Waals surface area contributed by atoms with E-state index in [1.54, 1.807) is 30.3 Å². The molecule has 1 aromatic carbocycles. The Kier molecular flexibility index (Phi) is 6.74. The number of carbonyl (C=O) groups excluding carboxylic acids is 1. The number of hydrogen-bond acceptors (Lipinski definition) is 9. The first-order valence-electron chi connectivity index (χ1n) is 8.76. The van der Waals surface area contributed by atoms with Crippen LogP contribution in [0.5, 0.6) is 5.75 Å². The number of ether oxygens (including phenoxy) is 1. The summed E-state index contributed by atoms with van der Waals surface area (Å²) in [7, 11) is 0. The van der Waals surface area contributed by atoms with Gasteiger partial charge in [-0.15, -0.1) is 10.2 Å². The zero-order valence-corrected chi connectivity index (χ0v) is 16.8. The smallest absolute Gasteiger partial charge is 0.264 e. The molecule has 0 aliphatic rings. The molecule has 152 valence electrons. The number of furan rings is 1. The van der Waals surface area contributed by atoms with E-state index in [-0.39, 0.29) is 17.6 Å². The molecule has 1 amide bonds. The minimum Gasteiger partial charge on any atom is -0.494 e. The summed E-state index contributed by atoms with van der Waals surface area (Å²) >= 11 is 1.16. The number of nitrogens with two attached hydrogens (primary N) is 1. The van der Waals surface area contributed by atoms with Gasteiger partial charge in [0.15, 0.2) is 0 Å². The van der Waals surface area contributed by atoms with Crippen LogP contribution >= 0.6 is 11.8 Å². The summed E-state index contributed by atoms with van der Waals surface area (Å²) in [6.07, 6.45) is 1.50. The molecule has 2 aromatic heterocycles. The van der Waals surface area contributed by atoms with Crippen molar-refractivity contribution in [1.82, 2.24) is 14.9 Å². The van der Waals surface area contributed by atoms with Gasteiger partial charge in [0.25, 0.3) is 5.95 Å². The van der Waals surface area contributed by atoms with Crippen molar-refractivity contribution in [3.05, 3.63) is 47.9 Å². The summed E-state index contributed by atoms with van der Waals surface area (Å²) in [4.78, 5) is 12.1. The van der Waals surface area contributed by atoms with E-state index >= 15 is 0 Å². The van der Waals surface area contributed by atoms with Crippen LogP contribution in [0.3, 0.4) is 0 Å². The molecule has 11 heteroatoms. The van der Waals surface area contributed by atoms with Gasteiger partial charge in [0.2, 0.25) is 11.1 Å². The van der Waals surface area contributed by atoms with Gasteiger partial charge in [-0.2, -0.15) is 5.10 Å². The number of aryl methyl sites for hydroxylation is 1. The summed E-state index contributed by atoms with van der Waals surface area (Å²) < 4.78 is 12.0. The second-order valence-electron chi connectivity index (χ2n) is 5.79. The first-order valence-corrected chi connectivity index (χ1v) is 9.75. The predicted molar refractivity (Wildman–Crippen MR) is 112 cm³/mol. The summed E-state index contributed by atoms with van der Waals surface area (Å²) in [5, 5.41) is 15.0. The van der Waals surface area contributed by atoms with Gasteiger partial charge in [-0.3, -0.25) is 4.79 Å². The van der Waals surface area contributed by atoms with Gasteiger partial charge in [-0.25, -0.2) is 10.1 Å². The molecule has 2 heterocycles. The van der Waals surface area contributed by atoms with Crippen LogP contribution in [-0.4, -0.2) is 39.4 Å². The van der Waals surface area contributed by atoms with Crippen molar-refractivity contribution in [2.75, 3.05) is 28.9 Å². The Morgan fingerprint density at radius 2 is 2.10 bits per heavy atom. The molecule has 29 heavy (non-hydrogen) atoms. The van der Waals surface area contributed by atoms with Crippen molar-refractivity contribution in [3.63, 3.8) is 0 Å². The molecule has 0 aliphatic heterocycles. The minimum absolute atomic E-state index is 0.123. The van der Waals surface area contributed by atoms with Crippen molar-refractivity contribution >= 4 is 35.5 Å². The summed E-state index contributed by atoms with van der Waals surface area (Å²) in [6.45, 7) is 4.35. The molecule has 0 spiro atoms. The van der Waals surface area contributed by atoms with Gasteiger partial charge < -0.3 is 20.3 Å². The van der Waals surface area contributed by atoms with E-state index in [9.17, 15) is 4.79 Å². The maximum Gasteiger partial charge on any atom is 0.264 e. The highest BCUT2D eigenvalue weighted by Gasteiger charge is 2.12. The summed E-state index contributed by atoms with van der Waals surface area (Å²) in [6, 6.07) is 10.8. The Morgan fingerprint density at radius 1 is 1.31 bits per heavy atom. The molecular formula is C18H21N7O3S. The second-order valence-corrected chi connectivity index (χ2v) is 6.73. The van der Waals surface area contributed by atoms with Crippen molar-refractivity contribution in [2.45, 2.75) is 19.0 Å². The van der Waals surface area contributed by atoms with E-state index < -0.39 is 0 Å². The summed E-state index contributed by atoms with van der Waals surface area (Å²) in [5.41, 5.74) is 3.36. The number of thioether (sulfide) groups is 1. The van der Waals surface area contributed by atoms with Crippen LogP contribution in [0, 0.1) is 6.92 Å². The van der Waals surface area contributed by atoms with E-state index in [2.05, 4.69) is 26.0 Å². The van der Waals surface area contributed by atoms with Gasteiger partial charge in [-0.1, -0.05) is 11.8 Å². The lowest BCUT2D eigenvalue weighted by molar-refractivity contribution is -0.113. The van der Waals surface area contributed by atoms with Crippen LogP contribution < -0.4 is 21.3 Å². The normalized spacial score (nSPS) is 11.0. The number of rotatable bonds is 9. The number of nitrogens with one attached hydrogen (secondary N) is 2. The quantitative estimate of drug-likeness (QED) is 0.210. The fourth-order valence-corrected chi connectivity index (χ4v) is 2.91. The summed E-state index contributed by atoms with van der Waals surface area (Å²) in [5.74, 6) is 8.24. The minimum atomic E-state index is -0.192. The Balaban J connectivity index is 1.49. The average Bonchev–Trinajstić information content (AvgIpc) is 3.28. The number of nitrogen functional groups attached to an aromatic ring is 1. The van der Waals surface area contributed by atoms with Crippen LogP contribution in [0.2, 0.25) is 0 Å². The molecule has 3 aromatic rings. The zero-order valence-electron chi connectivity index (χ0n) is 16.0. The van der Waals surface area contributed by atoms with E-state index in [0.29, 0.717) is 23.2 Å². The highest BCUT2D eigenvalue weighted by molar-refractivity contribution is 7.99. The fourth-order valence-electron chi connectivity index (χ4n) is 2.26.